The van der Waals surface area contributed by atoms with Crippen molar-refractivity contribution in [1.82, 2.24) is 0 Å². The van der Waals surface area contributed by atoms with Gasteiger partial charge in [0.1, 0.15) is 13.2 Å². The van der Waals surface area contributed by atoms with Crippen molar-refractivity contribution in [2.24, 2.45) is 9.98 Å². The van der Waals surface area contributed by atoms with E-state index in [1.807, 2.05) is 12.1 Å². The molecule has 0 saturated heterocycles. The van der Waals surface area contributed by atoms with Gasteiger partial charge in [-0.15, -0.1) is 0 Å². The second-order valence-electron chi connectivity index (χ2n) is 7.84. The number of hydrogen-bond donors (Lipinski definition) is 0. The zero-order chi connectivity index (χ0) is 20.1. The van der Waals surface area contributed by atoms with Crippen LogP contribution in [0.2, 0.25) is 0 Å². The number of hydrogen-bond acceptors (Lipinski definition) is 4. The molecule has 2 aliphatic heterocycles. The van der Waals surface area contributed by atoms with E-state index in [4.69, 9.17) is 19.5 Å². The van der Waals surface area contributed by atoms with Crippen molar-refractivity contribution >= 4 is 11.8 Å². The lowest BCUT2D eigenvalue weighted by Crippen LogP contribution is -2.17. The average molecular weight is 391 g/mol. The van der Waals surface area contributed by atoms with Crippen LogP contribution in [0.5, 0.6) is 0 Å². The molecule has 4 rings (SSSR count). The van der Waals surface area contributed by atoms with Crippen LogP contribution in [0.25, 0.3) is 0 Å². The smallest absolute Gasteiger partial charge is 0.191 e. The Labute approximate surface area is 173 Å². The molecule has 0 unspecified atom stereocenters. The molecule has 0 amide bonds. The van der Waals surface area contributed by atoms with Gasteiger partial charge in [-0.2, -0.15) is 0 Å². The van der Waals surface area contributed by atoms with E-state index in [2.05, 4.69) is 62.4 Å². The maximum Gasteiger partial charge on any atom is 0.191 e. The zero-order valence-corrected chi connectivity index (χ0v) is 17.3. The lowest BCUT2D eigenvalue weighted by atomic mass is 9.96. The summed E-state index contributed by atoms with van der Waals surface area (Å²) in [5.41, 5.74) is 2.54. The van der Waals surface area contributed by atoms with Gasteiger partial charge in [-0.1, -0.05) is 74.5 Å². The summed E-state index contributed by atoms with van der Waals surface area (Å²) in [6.45, 7) is 5.67. The number of ether oxygens (including phenoxy) is 2. The summed E-state index contributed by atoms with van der Waals surface area (Å²) < 4.78 is 12.0. The number of nitrogens with zero attached hydrogens (tertiary/aromatic N) is 2. The van der Waals surface area contributed by atoms with Gasteiger partial charge in [0.05, 0.1) is 23.9 Å². The molecule has 2 aromatic carbocycles. The van der Waals surface area contributed by atoms with E-state index >= 15 is 0 Å². The zero-order valence-electron chi connectivity index (χ0n) is 17.3. The summed E-state index contributed by atoms with van der Waals surface area (Å²) in [4.78, 5) is 9.83. The summed E-state index contributed by atoms with van der Waals surface area (Å²) in [5.74, 6) is 2.23. The van der Waals surface area contributed by atoms with Crippen LogP contribution in [-0.4, -0.2) is 37.1 Å². The molecule has 0 fully saturated rings. The van der Waals surface area contributed by atoms with E-state index in [-0.39, 0.29) is 23.9 Å². The van der Waals surface area contributed by atoms with E-state index in [0.29, 0.717) is 13.2 Å². The Bertz CT molecular complexity index is 776. The molecule has 2 heterocycles. The predicted octanol–water partition coefficient (Wildman–Crippen LogP) is 5.36. The Morgan fingerprint density at radius 3 is 1.52 bits per heavy atom. The molecule has 2 aromatic rings. The van der Waals surface area contributed by atoms with E-state index in [0.717, 1.165) is 31.1 Å². The van der Waals surface area contributed by atoms with Crippen molar-refractivity contribution < 1.29 is 9.47 Å². The lowest BCUT2D eigenvalue weighted by Gasteiger charge is -2.14. The normalized spacial score (nSPS) is 23.0. The molecular formula is C25H30N2O2. The Hall–Kier alpha value is -2.62. The highest BCUT2D eigenvalue weighted by Crippen LogP contribution is 2.29. The van der Waals surface area contributed by atoms with E-state index in [9.17, 15) is 0 Å². The summed E-state index contributed by atoms with van der Waals surface area (Å²) in [6, 6.07) is 21.4. The van der Waals surface area contributed by atoms with Gasteiger partial charge in [0.15, 0.2) is 11.8 Å². The Morgan fingerprint density at radius 2 is 1.14 bits per heavy atom. The van der Waals surface area contributed by atoms with Crippen LogP contribution >= 0.6 is 0 Å². The van der Waals surface area contributed by atoms with E-state index < -0.39 is 0 Å². The summed E-state index contributed by atoms with van der Waals surface area (Å²) in [7, 11) is 0. The minimum absolute atomic E-state index is 0.163. The Balaban J connectivity index is 1.41. The number of benzene rings is 2. The monoisotopic (exact) mass is 390 g/mol. The van der Waals surface area contributed by atoms with Crippen LogP contribution < -0.4 is 0 Å². The molecule has 0 saturated carbocycles. The molecule has 0 radical (unpaired) electrons. The van der Waals surface area contributed by atoms with Crippen LogP contribution in [0.15, 0.2) is 70.6 Å². The topological polar surface area (TPSA) is 43.2 Å². The second kappa shape index (κ2) is 9.25. The molecule has 4 atom stereocenters. The van der Waals surface area contributed by atoms with Crippen molar-refractivity contribution in [2.75, 3.05) is 13.2 Å². The third kappa shape index (κ3) is 4.52. The highest BCUT2D eigenvalue weighted by Gasteiger charge is 2.31. The van der Waals surface area contributed by atoms with Gasteiger partial charge in [0.2, 0.25) is 0 Å². The number of aliphatic imine (C=N–C) groups is 2. The minimum Gasteiger partial charge on any atom is -0.478 e. The fraction of sp³-hybridized carbons (Fsp3) is 0.440. The van der Waals surface area contributed by atoms with Gasteiger partial charge < -0.3 is 9.47 Å². The molecule has 0 aromatic heterocycles. The molecule has 4 nitrogen and oxygen atoms in total. The standard InChI is InChI=1S/C25H30N2O2/c1-3-22(18-11-7-5-8-12-18)24-26-20(16-28-24)15-21-17-29-25(27-21)23(4-2)19-13-9-6-10-14-19/h5-14,20-23H,3-4,15-17H2,1-2H3/t20-,21-,22+,23+/m1/s1. The van der Waals surface area contributed by atoms with Gasteiger partial charge >= 0.3 is 0 Å². The predicted molar refractivity (Wildman–Crippen MR) is 118 cm³/mol. The third-order valence-electron chi connectivity index (χ3n) is 5.83. The fourth-order valence-electron chi connectivity index (χ4n) is 4.29. The van der Waals surface area contributed by atoms with Crippen molar-refractivity contribution in [3.63, 3.8) is 0 Å². The SMILES string of the molecule is CC[C@H](C1=N[C@H](C[C@@H]2COC([C@@H](CC)c3ccccc3)=N2)CO1)c1ccccc1. The van der Waals surface area contributed by atoms with E-state index in [1.165, 1.54) is 11.1 Å². The molecule has 152 valence electrons. The van der Waals surface area contributed by atoms with Gasteiger partial charge in [0, 0.05) is 0 Å². The molecule has 2 aliphatic rings. The van der Waals surface area contributed by atoms with Crippen LogP contribution in [0.3, 0.4) is 0 Å². The van der Waals surface area contributed by atoms with Gasteiger partial charge in [-0.25, -0.2) is 9.98 Å². The van der Waals surface area contributed by atoms with Crippen LogP contribution in [0.1, 0.15) is 56.1 Å². The van der Waals surface area contributed by atoms with E-state index in [1.54, 1.807) is 0 Å². The quantitative estimate of drug-likeness (QED) is 0.609. The van der Waals surface area contributed by atoms with Gasteiger partial charge in [0.25, 0.3) is 0 Å². The highest BCUT2D eigenvalue weighted by molar-refractivity contribution is 5.85. The summed E-state index contributed by atoms with van der Waals surface area (Å²) in [6.07, 6.45) is 2.85. The first-order chi connectivity index (χ1) is 14.3. The first kappa shape index (κ1) is 19.7. The fourth-order valence-corrected chi connectivity index (χ4v) is 4.29. The third-order valence-corrected chi connectivity index (χ3v) is 5.83. The molecule has 0 bridgehead atoms. The lowest BCUT2D eigenvalue weighted by molar-refractivity contribution is 0.270. The maximum atomic E-state index is 6.01. The average Bonchev–Trinajstić information content (AvgIpc) is 3.41. The largest absolute Gasteiger partial charge is 0.478 e. The van der Waals surface area contributed by atoms with Crippen LogP contribution in [0.4, 0.5) is 0 Å². The van der Waals surface area contributed by atoms with Gasteiger partial charge in [-0.05, 0) is 30.4 Å². The molecule has 0 aliphatic carbocycles. The van der Waals surface area contributed by atoms with Crippen molar-refractivity contribution in [3.8, 4) is 0 Å². The van der Waals surface area contributed by atoms with Crippen molar-refractivity contribution in [1.29, 1.82) is 0 Å². The molecule has 0 spiro atoms. The molecule has 0 N–H and O–H groups in total. The van der Waals surface area contributed by atoms with Gasteiger partial charge in [-0.3, -0.25) is 0 Å². The summed E-state index contributed by atoms with van der Waals surface area (Å²) in [5, 5.41) is 0. The molecule has 4 heteroatoms. The Kier molecular flexibility index (Phi) is 6.28. The van der Waals surface area contributed by atoms with Crippen molar-refractivity contribution in [2.45, 2.75) is 57.0 Å². The number of rotatable bonds is 8. The van der Waals surface area contributed by atoms with Crippen molar-refractivity contribution in [3.05, 3.63) is 71.8 Å². The maximum absolute atomic E-state index is 6.01. The second-order valence-corrected chi connectivity index (χ2v) is 7.84. The highest BCUT2D eigenvalue weighted by atomic mass is 16.5. The first-order valence-electron chi connectivity index (χ1n) is 10.8. The summed E-state index contributed by atoms with van der Waals surface area (Å²) >= 11 is 0. The first-order valence-corrected chi connectivity index (χ1v) is 10.8. The Morgan fingerprint density at radius 1 is 0.724 bits per heavy atom. The van der Waals surface area contributed by atoms with Crippen LogP contribution in [0, 0.1) is 0 Å². The van der Waals surface area contributed by atoms with Crippen LogP contribution in [-0.2, 0) is 9.47 Å². The molecular weight excluding hydrogens is 360 g/mol. The minimum atomic E-state index is 0.163. The molecule has 29 heavy (non-hydrogen) atoms.